The van der Waals surface area contributed by atoms with Crippen LogP contribution in [-0.2, 0) is 4.74 Å². The van der Waals surface area contributed by atoms with Crippen LogP contribution in [0.1, 0.15) is 44.9 Å². The molecule has 0 aromatic carbocycles. The Bertz CT molecular complexity index is 1610. The van der Waals surface area contributed by atoms with Crippen molar-refractivity contribution in [3.63, 3.8) is 0 Å². The highest BCUT2D eigenvalue weighted by molar-refractivity contribution is 5.71. The molecule has 1 aliphatic heterocycles. The van der Waals surface area contributed by atoms with Gasteiger partial charge in [0.05, 0.1) is 28.8 Å². The molecule has 0 bridgehead atoms. The lowest BCUT2D eigenvalue weighted by Crippen LogP contribution is -2.58. The molecule has 0 atom stereocenters. The van der Waals surface area contributed by atoms with Crippen LogP contribution in [0.2, 0.25) is 0 Å². The van der Waals surface area contributed by atoms with Gasteiger partial charge in [-0.1, -0.05) is 0 Å². The standard InChI is InChI=1S/C27H31N7O3/c1-17-12-21(30-34-14-18(2)28-24(17)34)20-13-23(35)32-15-19(6-7-22(32)29-20)31-10-11-33(27(16-31)8-9-27)25(36)37-26(3,4)5/h6-7,12-15H,8-11,16H2,1-5H3. The Morgan fingerprint density at radius 2 is 1.81 bits per heavy atom. The van der Waals surface area contributed by atoms with Crippen LogP contribution >= 0.6 is 0 Å². The van der Waals surface area contributed by atoms with Gasteiger partial charge >= 0.3 is 6.09 Å². The lowest BCUT2D eigenvalue weighted by molar-refractivity contribution is 0.0106. The number of ether oxygens (including phenoxy) is 1. The molecule has 192 valence electrons. The first kappa shape index (κ1) is 23.4. The summed E-state index contributed by atoms with van der Waals surface area (Å²) in [5.41, 5.74) is 4.40. The fourth-order valence-electron chi connectivity index (χ4n) is 5.15. The van der Waals surface area contributed by atoms with E-state index in [1.807, 2.05) is 70.1 Å². The van der Waals surface area contributed by atoms with Gasteiger partial charge in [-0.05, 0) is 71.2 Å². The van der Waals surface area contributed by atoms with E-state index in [-0.39, 0.29) is 17.2 Å². The maximum atomic E-state index is 13.2. The van der Waals surface area contributed by atoms with Crippen molar-refractivity contribution in [2.75, 3.05) is 24.5 Å². The molecule has 1 aliphatic carbocycles. The predicted molar refractivity (Wildman–Crippen MR) is 140 cm³/mol. The summed E-state index contributed by atoms with van der Waals surface area (Å²) < 4.78 is 8.96. The molecule has 5 heterocycles. The minimum absolute atomic E-state index is 0.170. The van der Waals surface area contributed by atoms with Crippen molar-refractivity contribution in [1.29, 1.82) is 0 Å². The third kappa shape index (κ3) is 4.20. The molecule has 1 spiro atoms. The largest absolute Gasteiger partial charge is 0.444 e. The lowest BCUT2D eigenvalue weighted by atomic mass is 10.1. The van der Waals surface area contributed by atoms with Gasteiger partial charge in [0.25, 0.3) is 5.56 Å². The molecule has 6 rings (SSSR count). The minimum Gasteiger partial charge on any atom is -0.444 e. The third-order valence-electron chi connectivity index (χ3n) is 7.09. The molecule has 0 unspecified atom stereocenters. The van der Waals surface area contributed by atoms with Crippen LogP contribution in [-0.4, -0.2) is 65.8 Å². The molecule has 4 aromatic rings. The second kappa shape index (κ2) is 8.03. The molecule has 10 nitrogen and oxygen atoms in total. The second-order valence-electron chi connectivity index (χ2n) is 11.2. The number of fused-ring (bicyclic) bond motifs is 2. The lowest BCUT2D eigenvalue weighted by Gasteiger charge is -2.43. The third-order valence-corrected chi connectivity index (χ3v) is 7.09. The van der Waals surface area contributed by atoms with Gasteiger partial charge < -0.3 is 9.64 Å². The van der Waals surface area contributed by atoms with E-state index in [1.165, 1.54) is 6.07 Å². The van der Waals surface area contributed by atoms with E-state index in [2.05, 4.69) is 15.0 Å². The van der Waals surface area contributed by atoms with E-state index in [0.29, 0.717) is 36.7 Å². The van der Waals surface area contributed by atoms with Gasteiger partial charge in [-0.25, -0.2) is 19.3 Å². The van der Waals surface area contributed by atoms with Crippen molar-refractivity contribution in [1.82, 2.24) is 28.9 Å². The van der Waals surface area contributed by atoms with E-state index in [4.69, 9.17) is 9.72 Å². The first-order valence-electron chi connectivity index (χ1n) is 12.6. The summed E-state index contributed by atoms with van der Waals surface area (Å²) in [6.07, 6.45) is 5.36. The van der Waals surface area contributed by atoms with Gasteiger partial charge in [0, 0.05) is 31.9 Å². The first-order chi connectivity index (χ1) is 17.5. The minimum atomic E-state index is -0.520. The predicted octanol–water partition coefficient (Wildman–Crippen LogP) is 3.61. The molecule has 1 amide bonds. The number of carbonyl (C=O) groups excluding carboxylic acids is 1. The summed E-state index contributed by atoms with van der Waals surface area (Å²) in [7, 11) is 0. The number of anilines is 1. The number of nitrogens with zero attached hydrogens (tertiary/aromatic N) is 7. The van der Waals surface area contributed by atoms with Crippen LogP contribution in [0.3, 0.4) is 0 Å². The SMILES string of the molecule is Cc1cn2nc(-c3cc(=O)n4cc(N5CCN(C(=O)OC(C)(C)C)C6(CC6)C5)ccc4n3)cc(C)c2n1. The number of imidazole rings is 1. The number of amides is 1. The summed E-state index contributed by atoms with van der Waals surface area (Å²) in [6, 6.07) is 7.29. The molecule has 0 radical (unpaired) electrons. The molecule has 1 saturated carbocycles. The number of hydrogen-bond donors (Lipinski definition) is 0. The second-order valence-corrected chi connectivity index (χ2v) is 11.2. The molecular formula is C27H31N7O3. The average Bonchev–Trinajstić information content (AvgIpc) is 3.46. The van der Waals surface area contributed by atoms with E-state index in [1.54, 1.807) is 8.92 Å². The number of piperazine rings is 1. The smallest absolute Gasteiger partial charge is 0.410 e. The Balaban J connectivity index is 1.28. The molecule has 4 aromatic heterocycles. The van der Waals surface area contributed by atoms with Crippen molar-refractivity contribution in [2.24, 2.45) is 0 Å². The Labute approximate surface area is 214 Å². The number of aryl methyl sites for hydroxylation is 2. The number of rotatable bonds is 2. The molecule has 1 saturated heterocycles. The van der Waals surface area contributed by atoms with Crippen molar-refractivity contribution >= 4 is 23.1 Å². The highest BCUT2D eigenvalue weighted by Crippen LogP contribution is 2.45. The van der Waals surface area contributed by atoms with E-state index in [0.717, 1.165) is 35.4 Å². The van der Waals surface area contributed by atoms with Crippen LogP contribution in [0, 0.1) is 13.8 Å². The number of carbonyl (C=O) groups is 1. The van der Waals surface area contributed by atoms with E-state index < -0.39 is 5.60 Å². The van der Waals surface area contributed by atoms with Crippen molar-refractivity contribution in [2.45, 2.75) is 58.6 Å². The highest BCUT2D eigenvalue weighted by Gasteiger charge is 2.54. The highest BCUT2D eigenvalue weighted by atomic mass is 16.6. The molecular weight excluding hydrogens is 470 g/mol. The zero-order chi connectivity index (χ0) is 26.1. The summed E-state index contributed by atoms with van der Waals surface area (Å²) in [6.45, 7) is 11.5. The van der Waals surface area contributed by atoms with Crippen molar-refractivity contribution in [3.05, 3.63) is 58.3 Å². The van der Waals surface area contributed by atoms with Crippen LogP contribution in [0.5, 0.6) is 0 Å². The summed E-state index contributed by atoms with van der Waals surface area (Å²) in [5, 5.41) is 4.63. The maximum absolute atomic E-state index is 13.2. The Morgan fingerprint density at radius 3 is 2.54 bits per heavy atom. The van der Waals surface area contributed by atoms with Gasteiger partial charge in [0.2, 0.25) is 0 Å². The quantitative estimate of drug-likeness (QED) is 0.414. The molecule has 2 aliphatic rings. The number of pyridine rings is 1. The number of aromatic nitrogens is 5. The summed E-state index contributed by atoms with van der Waals surface area (Å²) >= 11 is 0. The van der Waals surface area contributed by atoms with Gasteiger partial charge in [-0.2, -0.15) is 5.10 Å². The molecule has 37 heavy (non-hydrogen) atoms. The zero-order valence-electron chi connectivity index (χ0n) is 21.9. The Morgan fingerprint density at radius 1 is 1.03 bits per heavy atom. The van der Waals surface area contributed by atoms with Crippen LogP contribution in [0.4, 0.5) is 10.5 Å². The normalized spacial score (nSPS) is 17.1. The summed E-state index contributed by atoms with van der Waals surface area (Å²) in [5.74, 6) is 0. The fourth-order valence-corrected chi connectivity index (χ4v) is 5.15. The first-order valence-corrected chi connectivity index (χ1v) is 12.6. The van der Waals surface area contributed by atoms with E-state index >= 15 is 0 Å². The van der Waals surface area contributed by atoms with Crippen molar-refractivity contribution < 1.29 is 9.53 Å². The van der Waals surface area contributed by atoms with Crippen molar-refractivity contribution in [3.8, 4) is 11.4 Å². The van der Waals surface area contributed by atoms with Gasteiger partial charge in [0.15, 0.2) is 5.65 Å². The monoisotopic (exact) mass is 501 g/mol. The van der Waals surface area contributed by atoms with Gasteiger partial charge in [-0.15, -0.1) is 0 Å². The van der Waals surface area contributed by atoms with Gasteiger partial charge in [0.1, 0.15) is 16.9 Å². The average molecular weight is 502 g/mol. The maximum Gasteiger partial charge on any atom is 0.410 e. The van der Waals surface area contributed by atoms with Crippen LogP contribution < -0.4 is 10.5 Å². The number of hydrogen-bond acceptors (Lipinski definition) is 7. The molecule has 10 heteroatoms. The topological polar surface area (TPSA) is 97.3 Å². The zero-order valence-corrected chi connectivity index (χ0v) is 21.9. The Kier molecular flexibility index (Phi) is 5.09. The van der Waals surface area contributed by atoms with Gasteiger partial charge in [-0.3, -0.25) is 14.1 Å². The van der Waals surface area contributed by atoms with E-state index in [9.17, 15) is 9.59 Å². The summed E-state index contributed by atoms with van der Waals surface area (Å²) in [4.78, 5) is 39.3. The van der Waals surface area contributed by atoms with Crippen LogP contribution in [0.15, 0.2) is 41.5 Å². The molecule has 2 fully saturated rings. The molecule has 0 N–H and O–H groups in total. The fraction of sp³-hybridized carbons (Fsp3) is 0.444. The van der Waals surface area contributed by atoms with Crippen LogP contribution in [0.25, 0.3) is 22.7 Å². The Hall–Kier alpha value is -3.95.